The lowest BCUT2D eigenvalue weighted by Gasteiger charge is -2.40. The molecule has 0 radical (unpaired) electrons. The van der Waals surface area contributed by atoms with Gasteiger partial charge in [0.15, 0.2) is 0 Å². The summed E-state index contributed by atoms with van der Waals surface area (Å²) in [4.78, 5) is 46.1. The summed E-state index contributed by atoms with van der Waals surface area (Å²) >= 11 is 0. The van der Waals surface area contributed by atoms with Crippen molar-refractivity contribution in [3.63, 3.8) is 0 Å². The number of benzene rings is 1. The topological polar surface area (TPSA) is 96.4 Å². The van der Waals surface area contributed by atoms with E-state index in [1.807, 2.05) is 52.8 Å². The van der Waals surface area contributed by atoms with Crippen LogP contribution in [0, 0.1) is 31.6 Å². The van der Waals surface area contributed by atoms with Gasteiger partial charge in [0, 0.05) is 12.2 Å². The molecule has 2 bridgehead atoms. The van der Waals surface area contributed by atoms with Crippen molar-refractivity contribution in [2.24, 2.45) is 17.8 Å². The number of fused-ring (bicyclic) bond motifs is 1. The minimum absolute atomic E-state index is 0.0292. The molecule has 1 N–H and O–H groups in total. The number of nitrogens with zero attached hydrogens (tertiary/aromatic N) is 2. The van der Waals surface area contributed by atoms with Crippen LogP contribution in [0.25, 0.3) is 0 Å². The number of likely N-dealkylation sites (tertiary alicyclic amines) is 1. The highest BCUT2D eigenvalue weighted by Gasteiger charge is 2.79. The van der Waals surface area contributed by atoms with E-state index >= 15 is 0 Å². The summed E-state index contributed by atoms with van der Waals surface area (Å²) in [5.74, 6) is -2.68. The zero-order valence-corrected chi connectivity index (χ0v) is 24.5. The van der Waals surface area contributed by atoms with Crippen molar-refractivity contribution in [3.8, 4) is 0 Å². The van der Waals surface area contributed by atoms with Gasteiger partial charge >= 0.3 is 5.97 Å². The molecule has 8 heteroatoms. The van der Waals surface area contributed by atoms with E-state index in [9.17, 15) is 19.5 Å². The van der Waals surface area contributed by atoms with Gasteiger partial charge in [-0.25, -0.2) is 0 Å². The summed E-state index contributed by atoms with van der Waals surface area (Å²) < 4.78 is 12.4. The molecule has 2 amide bonds. The Morgan fingerprint density at radius 3 is 2.45 bits per heavy atom. The minimum atomic E-state index is -1.21. The first kappa shape index (κ1) is 30.0. The van der Waals surface area contributed by atoms with Crippen LogP contribution in [0.1, 0.15) is 57.6 Å². The van der Waals surface area contributed by atoms with Gasteiger partial charge in [0.2, 0.25) is 5.91 Å². The molecule has 4 rings (SSSR count). The number of hydrogen-bond acceptors (Lipinski definition) is 6. The SMILES string of the molecule is C=CCOC(=O)[C@H]1[C@H]2C(=O)N([C@@H](CO)CC(C)C)C(C(=O)N(CC=C)c3c(C)cccc3C)C23CC[C@]1(CC)O3. The van der Waals surface area contributed by atoms with E-state index in [1.165, 1.54) is 6.08 Å². The summed E-state index contributed by atoms with van der Waals surface area (Å²) in [6, 6.07) is 4.24. The third kappa shape index (κ3) is 4.59. The van der Waals surface area contributed by atoms with E-state index in [2.05, 4.69) is 13.2 Å². The molecule has 1 spiro atoms. The van der Waals surface area contributed by atoms with Crippen molar-refractivity contribution in [2.75, 3.05) is 24.7 Å². The molecule has 1 aromatic carbocycles. The van der Waals surface area contributed by atoms with Crippen molar-refractivity contribution in [1.82, 2.24) is 4.90 Å². The van der Waals surface area contributed by atoms with E-state index in [-0.39, 0.29) is 37.5 Å². The van der Waals surface area contributed by atoms with Crippen molar-refractivity contribution in [1.29, 1.82) is 0 Å². The molecule has 218 valence electrons. The Kier molecular flexibility index (Phi) is 8.62. The number of amides is 2. The number of esters is 1. The number of para-hydroxylation sites is 1. The largest absolute Gasteiger partial charge is 0.461 e. The summed E-state index contributed by atoms with van der Waals surface area (Å²) in [6.45, 7) is 17.4. The van der Waals surface area contributed by atoms with E-state index < -0.39 is 41.1 Å². The fraction of sp³-hybridized carbons (Fsp3) is 0.594. The quantitative estimate of drug-likeness (QED) is 0.310. The minimum Gasteiger partial charge on any atom is -0.461 e. The van der Waals surface area contributed by atoms with Gasteiger partial charge in [0.1, 0.15) is 24.2 Å². The maximum atomic E-state index is 14.9. The molecule has 3 heterocycles. The molecule has 1 aromatic rings. The number of ether oxygens (including phenoxy) is 2. The maximum Gasteiger partial charge on any atom is 0.313 e. The number of carbonyl (C=O) groups is 3. The molecular formula is C32H44N2O6. The number of hydrogen-bond donors (Lipinski definition) is 1. The van der Waals surface area contributed by atoms with Crippen LogP contribution >= 0.6 is 0 Å². The predicted octanol–water partition coefficient (Wildman–Crippen LogP) is 4.11. The number of anilines is 1. The fourth-order valence-corrected chi connectivity index (χ4v) is 7.54. The van der Waals surface area contributed by atoms with Crippen molar-refractivity contribution >= 4 is 23.5 Å². The van der Waals surface area contributed by atoms with Gasteiger partial charge < -0.3 is 24.4 Å². The van der Waals surface area contributed by atoms with Gasteiger partial charge in [-0.05, 0) is 56.6 Å². The molecule has 6 atom stereocenters. The fourth-order valence-electron chi connectivity index (χ4n) is 7.54. The van der Waals surface area contributed by atoms with Crippen LogP contribution < -0.4 is 4.90 Å². The number of aliphatic hydroxyl groups is 1. The lowest BCUT2D eigenvalue weighted by Crippen LogP contribution is -2.59. The summed E-state index contributed by atoms with van der Waals surface area (Å²) in [7, 11) is 0. The first-order valence-electron chi connectivity index (χ1n) is 14.4. The number of rotatable bonds is 12. The standard InChI is InChI=1S/C32H44N2O6/c1-8-16-33(26-21(6)12-11-13-22(26)7)29(37)27-32-15-14-31(10-3,40-32)25(30(38)39-17-9-2)24(32)28(36)34(27)23(19-35)18-20(4)5/h8-9,11-13,20,23-25,27,35H,1-2,10,14-19H2,3-7H3/t23-,24+,25-,27?,31+,32?/m1/s1. The van der Waals surface area contributed by atoms with Crippen LogP contribution in [0.5, 0.6) is 0 Å². The molecule has 8 nitrogen and oxygen atoms in total. The van der Waals surface area contributed by atoms with Crippen LogP contribution in [-0.4, -0.2) is 70.8 Å². The first-order valence-corrected chi connectivity index (χ1v) is 14.4. The van der Waals surface area contributed by atoms with Crippen LogP contribution in [0.2, 0.25) is 0 Å². The summed E-state index contributed by atoms with van der Waals surface area (Å²) in [5.41, 5.74) is 0.520. The van der Waals surface area contributed by atoms with E-state index in [1.54, 1.807) is 15.9 Å². The molecule has 3 fully saturated rings. The van der Waals surface area contributed by atoms with Crippen molar-refractivity contribution in [3.05, 3.63) is 54.6 Å². The monoisotopic (exact) mass is 552 g/mol. The Balaban J connectivity index is 1.90. The Morgan fingerprint density at radius 1 is 1.23 bits per heavy atom. The second-order valence-electron chi connectivity index (χ2n) is 11.9. The van der Waals surface area contributed by atoms with Gasteiger partial charge in [0.05, 0.1) is 24.2 Å². The van der Waals surface area contributed by atoms with E-state index in [4.69, 9.17) is 9.47 Å². The zero-order chi connectivity index (χ0) is 29.4. The second kappa shape index (κ2) is 11.5. The van der Waals surface area contributed by atoms with Crippen molar-refractivity contribution in [2.45, 2.75) is 83.6 Å². The maximum absolute atomic E-state index is 14.9. The van der Waals surface area contributed by atoms with Crippen LogP contribution in [0.4, 0.5) is 5.69 Å². The van der Waals surface area contributed by atoms with Crippen LogP contribution in [-0.2, 0) is 23.9 Å². The van der Waals surface area contributed by atoms with Gasteiger partial charge in [-0.3, -0.25) is 14.4 Å². The highest BCUT2D eigenvalue weighted by atomic mass is 16.6. The molecule has 2 unspecified atom stereocenters. The molecule has 3 aliphatic rings. The zero-order valence-electron chi connectivity index (χ0n) is 24.5. The third-order valence-corrected chi connectivity index (χ3v) is 9.08. The lowest BCUT2D eigenvalue weighted by molar-refractivity contribution is -0.161. The average Bonchev–Trinajstić information content (AvgIpc) is 3.53. The van der Waals surface area contributed by atoms with Gasteiger partial charge in [-0.1, -0.05) is 57.7 Å². The van der Waals surface area contributed by atoms with E-state index in [0.29, 0.717) is 25.7 Å². The molecule has 3 aliphatic heterocycles. The van der Waals surface area contributed by atoms with Gasteiger partial charge in [-0.2, -0.15) is 0 Å². The lowest BCUT2D eigenvalue weighted by atomic mass is 9.65. The predicted molar refractivity (Wildman–Crippen MR) is 154 cm³/mol. The Labute approximate surface area is 238 Å². The van der Waals surface area contributed by atoms with Crippen molar-refractivity contribution < 1.29 is 29.0 Å². The highest BCUT2D eigenvalue weighted by Crippen LogP contribution is 2.65. The Bertz CT molecular complexity index is 1160. The number of aliphatic hydroxyl groups excluding tert-OH is 1. The molecule has 0 aliphatic carbocycles. The van der Waals surface area contributed by atoms with Crippen LogP contribution in [0.15, 0.2) is 43.5 Å². The van der Waals surface area contributed by atoms with E-state index in [0.717, 1.165) is 16.8 Å². The molecular weight excluding hydrogens is 508 g/mol. The van der Waals surface area contributed by atoms with Gasteiger partial charge in [0.25, 0.3) is 5.91 Å². The number of carbonyl (C=O) groups excluding carboxylic acids is 3. The molecule has 3 saturated heterocycles. The normalized spacial score (nSPS) is 29.4. The molecule has 0 aromatic heterocycles. The number of aryl methyl sites for hydroxylation is 2. The average molecular weight is 553 g/mol. The molecule has 0 saturated carbocycles. The van der Waals surface area contributed by atoms with Gasteiger partial charge in [-0.15, -0.1) is 6.58 Å². The third-order valence-electron chi connectivity index (χ3n) is 9.08. The Hall–Kier alpha value is -2.97. The Morgan fingerprint density at radius 2 is 1.90 bits per heavy atom. The molecule has 40 heavy (non-hydrogen) atoms. The first-order chi connectivity index (χ1) is 19.0. The highest BCUT2D eigenvalue weighted by molar-refractivity contribution is 6.05. The van der Waals surface area contributed by atoms with Crippen LogP contribution in [0.3, 0.4) is 0 Å². The summed E-state index contributed by atoms with van der Waals surface area (Å²) in [6.07, 6.45) is 5.19. The second-order valence-corrected chi connectivity index (χ2v) is 11.9. The smallest absolute Gasteiger partial charge is 0.313 e. The summed E-state index contributed by atoms with van der Waals surface area (Å²) in [5, 5.41) is 10.5.